The van der Waals surface area contributed by atoms with Crippen molar-refractivity contribution in [3.8, 4) is 0 Å². The number of carboxylic acids is 1. The molecule has 0 bridgehead atoms. The number of nitrogens with zero attached hydrogens (tertiary/aromatic N) is 2. The van der Waals surface area contributed by atoms with E-state index >= 15 is 0 Å². The molecule has 0 radical (unpaired) electrons. The summed E-state index contributed by atoms with van der Waals surface area (Å²) in [6.45, 7) is -0.1000. The van der Waals surface area contributed by atoms with Crippen LogP contribution in [0, 0.1) is 0 Å². The first-order valence-electron chi connectivity index (χ1n) is 4.38. The van der Waals surface area contributed by atoms with Gasteiger partial charge >= 0.3 is 16.2 Å². The standard InChI is InChI=1S/C7H10BrN3O4S2/c1-11(3-2-6(12)13)17(14,15)10-7-9-4-5(8)16-7/h4H,2-3H2,1H3,(H,9,10)(H,12,13). The number of aliphatic carboxylic acids is 1. The Bertz CT molecular complexity index is 501. The van der Waals surface area contributed by atoms with Crippen LogP contribution in [0.2, 0.25) is 0 Å². The first-order valence-corrected chi connectivity index (χ1v) is 7.43. The molecule has 0 amide bonds. The van der Waals surface area contributed by atoms with Gasteiger partial charge in [0.05, 0.1) is 16.4 Å². The van der Waals surface area contributed by atoms with E-state index in [1.165, 1.54) is 13.2 Å². The molecule has 17 heavy (non-hydrogen) atoms. The molecule has 2 N–H and O–H groups in total. The molecular weight excluding hydrogens is 334 g/mol. The zero-order valence-corrected chi connectivity index (χ0v) is 12.0. The molecule has 0 fully saturated rings. The van der Waals surface area contributed by atoms with Gasteiger partial charge in [-0.25, -0.2) is 9.71 Å². The number of anilines is 1. The van der Waals surface area contributed by atoms with Crippen molar-refractivity contribution in [3.63, 3.8) is 0 Å². The zero-order valence-electron chi connectivity index (χ0n) is 8.75. The van der Waals surface area contributed by atoms with Crippen LogP contribution in [-0.2, 0) is 15.0 Å². The average Bonchev–Trinajstić information content (AvgIpc) is 2.59. The fourth-order valence-electron chi connectivity index (χ4n) is 0.863. The SMILES string of the molecule is CN(CCC(=O)O)S(=O)(=O)Nc1ncc(Br)s1. The Balaban J connectivity index is 2.64. The maximum absolute atomic E-state index is 11.7. The molecule has 0 aliphatic rings. The molecule has 0 atom stereocenters. The van der Waals surface area contributed by atoms with Crippen LogP contribution >= 0.6 is 27.3 Å². The summed E-state index contributed by atoms with van der Waals surface area (Å²) in [5.41, 5.74) is 0. The van der Waals surface area contributed by atoms with Gasteiger partial charge in [-0.2, -0.15) is 12.7 Å². The molecule has 0 unspecified atom stereocenters. The van der Waals surface area contributed by atoms with E-state index in [9.17, 15) is 13.2 Å². The molecule has 0 aromatic carbocycles. The van der Waals surface area contributed by atoms with Crippen molar-refractivity contribution in [1.82, 2.24) is 9.29 Å². The van der Waals surface area contributed by atoms with Gasteiger partial charge in [0.25, 0.3) is 0 Å². The molecule has 0 saturated carbocycles. The van der Waals surface area contributed by atoms with Gasteiger partial charge in [-0.15, -0.1) is 0 Å². The van der Waals surface area contributed by atoms with Crippen LogP contribution in [0.15, 0.2) is 9.98 Å². The Morgan fingerprint density at radius 3 is 2.82 bits per heavy atom. The van der Waals surface area contributed by atoms with Crippen LogP contribution in [0.25, 0.3) is 0 Å². The van der Waals surface area contributed by atoms with E-state index < -0.39 is 16.2 Å². The van der Waals surface area contributed by atoms with Crippen LogP contribution < -0.4 is 4.72 Å². The van der Waals surface area contributed by atoms with Crippen molar-refractivity contribution >= 4 is 48.6 Å². The number of nitrogens with one attached hydrogen (secondary N) is 1. The summed E-state index contributed by atoms with van der Waals surface area (Å²) in [4.78, 5) is 14.2. The van der Waals surface area contributed by atoms with Crippen molar-refractivity contribution in [2.24, 2.45) is 0 Å². The molecule has 1 aromatic rings. The van der Waals surface area contributed by atoms with Crippen molar-refractivity contribution < 1.29 is 18.3 Å². The lowest BCUT2D eigenvalue weighted by Crippen LogP contribution is -2.34. The van der Waals surface area contributed by atoms with Gasteiger partial charge in [0.1, 0.15) is 0 Å². The van der Waals surface area contributed by atoms with Gasteiger partial charge in [0.15, 0.2) is 5.13 Å². The molecule has 0 aliphatic carbocycles. The molecule has 0 saturated heterocycles. The maximum Gasteiger partial charge on any atom is 0.304 e. The van der Waals surface area contributed by atoms with Crippen molar-refractivity contribution in [2.45, 2.75) is 6.42 Å². The quantitative estimate of drug-likeness (QED) is 0.801. The molecule has 1 rings (SSSR count). The summed E-state index contributed by atoms with van der Waals surface area (Å²) in [5, 5.41) is 8.68. The Labute approximate surface area is 111 Å². The van der Waals surface area contributed by atoms with Crippen molar-refractivity contribution in [2.75, 3.05) is 18.3 Å². The number of rotatable bonds is 6. The fourth-order valence-corrected chi connectivity index (χ4v) is 3.06. The normalized spacial score (nSPS) is 11.7. The maximum atomic E-state index is 11.7. The third-order valence-corrected chi connectivity index (χ3v) is 4.72. The average molecular weight is 344 g/mol. The van der Waals surface area contributed by atoms with E-state index in [2.05, 4.69) is 25.6 Å². The molecule has 96 valence electrons. The van der Waals surface area contributed by atoms with E-state index in [0.717, 1.165) is 15.6 Å². The summed E-state index contributed by atoms with van der Waals surface area (Å²) < 4.78 is 27.3. The Morgan fingerprint density at radius 1 is 1.71 bits per heavy atom. The second kappa shape index (κ2) is 5.76. The molecule has 7 nitrogen and oxygen atoms in total. The molecular formula is C7H10BrN3O4S2. The fraction of sp³-hybridized carbons (Fsp3) is 0.429. The molecule has 0 aliphatic heterocycles. The molecule has 0 spiro atoms. The van der Waals surface area contributed by atoms with Gasteiger partial charge in [-0.3, -0.25) is 4.79 Å². The second-order valence-corrected chi connectivity index (χ2v) is 7.23. The number of thiazole rings is 1. The molecule has 10 heteroatoms. The number of hydrogen-bond donors (Lipinski definition) is 2. The van der Waals surface area contributed by atoms with Crippen molar-refractivity contribution in [3.05, 3.63) is 9.98 Å². The number of halogens is 1. The first kappa shape index (κ1) is 14.4. The van der Waals surface area contributed by atoms with Crippen LogP contribution in [0.5, 0.6) is 0 Å². The summed E-state index contributed by atoms with van der Waals surface area (Å²) in [6.07, 6.45) is 1.22. The lowest BCUT2D eigenvalue weighted by Gasteiger charge is -2.15. The highest BCUT2D eigenvalue weighted by atomic mass is 79.9. The highest BCUT2D eigenvalue weighted by Gasteiger charge is 2.19. The topological polar surface area (TPSA) is 99.6 Å². The minimum atomic E-state index is -3.75. The van der Waals surface area contributed by atoms with Crippen molar-refractivity contribution in [1.29, 1.82) is 0 Å². The van der Waals surface area contributed by atoms with E-state index in [0.29, 0.717) is 3.79 Å². The monoisotopic (exact) mass is 343 g/mol. The lowest BCUT2D eigenvalue weighted by molar-refractivity contribution is -0.137. The van der Waals surface area contributed by atoms with E-state index in [1.807, 2.05) is 0 Å². The number of carbonyl (C=O) groups is 1. The molecule has 1 heterocycles. The Morgan fingerprint density at radius 2 is 2.35 bits per heavy atom. The van der Waals surface area contributed by atoms with Gasteiger partial charge in [-0.1, -0.05) is 11.3 Å². The largest absolute Gasteiger partial charge is 0.481 e. The minimum absolute atomic E-state index is 0.1000. The van der Waals surface area contributed by atoms with Gasteiger partial charge in [0.2, 0.25) is 0 Å². The second-order valence-electron chi connectivity index (χ2n) is 3.04. The Hall–Kier alpha value is -0.710. The van der Waals surface area contributed by atoms with Crippen LogP contribution in [0.4, 0.5) is 5.13 Å². The summed E-state index contributed by atoms with van der Waals surface area (Å²) in [5.74, 6) is -1.05. The molecule has 1 aromatic heterocycles. The summed E-state index contributed by atoms with van der Waals surface area (Å²) in [7, 11) is -2.45. The van der Waals surface area contributed by atoms with Gasteiger partial charge < -0.3 is 5.11 Å². The predicted octanol–water partition coefficient (Wildman–Crippen LogP) is 0.969. The predicted molar refractivity (Wildman–Crippen MR) is 67.2 cm³/mol. The smallest absolute Gasteiger partial charge is 0.304 e. The van der Waals surface area contributed by atoms with Gasteiger partial charge in [0, 0.05) is 13.6 Å². The first-order chi connectivity index (χ1) is 7.81. The van der Waals surface area contributed by atoms with E-state index in [-0.39, 0.29) is 18.1 Å². The lowest BCUT2D eigenvalue weighted by atomic mass is 10.4. The highest BCUT2D eigenvalue weighted by molar-refractivity contribution is 9.11. The van der Waals surface area contributed by atoms with Gasteiger partial charge in [-0.05, 0) is 15.9 Å². The summed E-state index contributed by atoms with van der Waals surface area (Å²) in [6, 6.07) is 0. The number of hydrogen-bond acceptors (Lipinski definition) is 5. The third-order valence-electron chi connectivity index (χ3n) is 1.74. The third kappa shape index (κ3) is 4.58. The van der Waals surface area contributed by atoms with Crippen LogP contribution in [-0.4, -0.2) is 42.4 Å². The van der Waals surface area contributed by atoms with E-state index in [4.69, 9.17) is 5.11 Å². The van der Waals surface area contributed by atoms with E-state index in [1.54, 1.807) is 0 Å². The van der Waals surface area contributed by atoms with Crippen LogP contribution in [0.3, 0.4) is 0 Å². The summed E-state index contributed by atoms with van der Waals surface area (Å²) >= 11 is 4.29. The highest BCUT2D eigenvalue weighted by Crippen LogP contribution is 2.24. The minimum Gasteiger partial charge on any atom is -0.481 e. The zero-order chi connectivity index (χ0) is 13.1. The number of carboxylic acid groups (broad SMARTS) is 1. The Kier molecular flexibility index (Phi) is 4.86. The van der Waals surface area contributed by atoms with Crippen LogP contribution in [0.1, 0.15) is 6.42 Å². The number of aromatic nitrogens is 1.